The van der Waals surface area contributed by atoms with E-state index in [1.54, 1.807) is 0 Å². The van der Waals surface area contributed by atoms with Crippen molar-refractivity contribution >= 4 is 5.97 Å². The first-order chi connectivity index (χ1) is 7.59. The second-order valence-electron chi connectivity index (χ2n) is 4.56. The van der Waals surface area contributed by atoms with Crippen LogP contribution in [0.25, 0.3) is 0 Å². The first kappa shape index (κ1) is 11.2. The molecule has 0 bridgehead atoms. The van der Waals surface area contributed by atoms with E-state index < -0.39 is 5.97 Å². The Balaban J connectivity index is 2.02. The average molecular weight is 223 g/mol. The van der Waals surface area contributed by atoms with Crippen LogP contribution in [0.5, 0.6) is 0 Å². The van der Waals surface area contributed by atoms with Crippen molar-refractivity contribution in [3.8, 4) is 0 Å². The lowest BCUT2D eigenvalue weighted by molar-refractivity contribution is 0.0692. The Morgan fingerprint density at radius 3 is 2.94 bits per heavy atom. The molecule has 16 heavy (non-hydrogen) atoms. The van der Waals surface area contributed by atoms with Crippen LogP contribution in [0.4, 0.5) is 0 Å². The second-order valence-corrected chi connectivity index (χ2v) is 4.56. The van der Waals surface area contributed by atoms with Gasteiger partial charge in [0, 0.05) is 6.04 Å². The van der Waals surface area contributed by atoms with E-state index in [0.29, 0.717) is 18.3 Å². The Labute approximate surface area is 94.9 Å². The van der Waals surface area contributed by atoms with Crippen LogP contribution < -0.4 is 0 Å². The minimum absolute atomic E-state index is 0.273. The van der Waals surface area contributed by atoms with Crippen molar-refractivity contribution in [3.63, 3.8) is 0 Å². The molecule has 1 fully saturated rings. The zero-order valence-corrected chi connectivity index (χ0v) is 9.64. The molecule has 0 amide bonds. The number of rotatable bonds is 5. The van der Waals surface area contributed by atoms with Crippen LogP contribution in [0.1, 0.15) is 35.9 Å². The highest BCUT2D eigenvalue weighted by Gasteiger charge is 2.31. The van der Waals surface area contributed by atoms with Crippen LogP contribution in [0.3, 0.4) is 0 Å². The van der Waals surface area contributed by atoms with E-state index in [1.165, 1.54) is 25.2 Å². The number of hydrogen-bond acceptors (Lipinski definition) is 3. The zero-order chi connectivity index (χ0) is 11.7. The summed E-state index contributed by atoms with van der Waals surface area (Å²) in [4.78, 5) is 13.1. The Morgan fingerprint density at radius 2 is 2.38 bits per heavy atom. The molecule has 1 heterocycles. The average Bonchev–Trinajstić information content (AvgIpc) is 2.97. The van der Waals surface area contributed by atoms with Gasteiger partial charge in [-0.25, -0.2) is 4.79 Å². The topological polar surface area (TPSA) is 53.7 Å². The lowest BCUT2D eigenvalue weighted by Crippen LogP contribution is -2.30. The van der Waals surface area contributed by atoms with E-state index in [4.69, 9.17) is 9.52 Å². The largest absolute Gasteiger partial charge is 0.478 e. The van der Waals surface area contributed by atoms with Crippen molar-refractivity contribution in [2.24, 2.45) is 5.92 Å². The van der Waals surface area contributed by atoms with Gasteiger partial charge in [0.2, 0.25) is 0 Å². The maximum Gasteiger partial charge on any atom is 0.339 e. The lowest BCUT2D eigenvalue weighted by atomic mass is 10.1. The minimum atomic E-state index is -0.920. The highest BCUT2D eigenvalue weighted by molar-refractivity contribution is 5.88. The molecule has 4 heteroatoms. The summed E-state index contributed by atoms with van der Waals surface area (Å²) >= 11 is 0. The number of aromatic carboxylic acids is 1. The molecule has 0 radical (unpaired) electrons. The maximum atomic E-state index is 10.9. The Morgan fingerprint density at radius 1 is 1.69 bits per heavy atom. The molecular formula is C12H17NO3. The predicted octanol–water partition coefficient (Wildman–Crippen LogP) is 2.21. The van der Waals surface area contributed by atoms with Crippen LogP contribution in [0.15, 0.2) is 16.7 Å². The molecular weight excluding hydrogens is 206 g/mol. The molecule has 1 saturated carbocycles. The Kier molecular flexibility index (Phi) is 3.01. The van der Waals surface area contributed by atoms with Gasteiger partial charge < -0.3 is 9.52 Å². The summed E-state index contributed by atoms with van der Waals surface area (Å²) in [6.45, 7) is 2.74. The summed E-state index contributed by atoms with van der Waals surface area (Å²) in [5.74, 6) is 0.395. The van der Waals surface area contributed by atoms with E-state index in [-0.39, 0.29) is 5.56 Å². The van der Waals surface area contributed by atoms with Crippen molar-refractivity contribution in [2.45, 2.75) is 32.4 Å². The molecule has 1 aromatic heterocycles. The van der Waals surface area contributed by atoms with Gasteiger partial charge in [-0.05, 0) is 38.8 Å². The lowest BCUT2D eigenvalue weighted by Gasteiger charge is -2.23. The van der Waals surface area contributed by atoms with Crippen molar-refractivity contribution in [3.05, 3.63) is 23.7 Å². The smallest absolute Gasteiger partial charge is 0.339 e. The number of carbonyl (C=O) groups is 1. The van der Waals surface area contributed by atoms with Crippen LogP contribution in [0, 0.1) is 5.92 Å². The third kappa shape index (κ3) is 2.27. The van der Waals surface area contributed by atoms with Crippen molar-refractivity contribution in [1.29, 1.82) is 0 Å². The molecule has 4 nitrogen and oxygen atoms in total. The van der Waals surface area contributed by atoms with Crippen molar-refractivity contribution in [2.75, 3.05) is 7.05 Å². The highest BCUT2D eigenvalue weighted by atomic mass is 16.4. The van der Waals surface area contributed by atoms with Gasteiger partial charge in [-0.2, -0.15) is 0 Å². The summed E-state index contributed by atoms with van der Waals surface area (Å²) in [5.41, 5.74) is 0.273. The number of carboxylic acids is 1. The van der Waals surface area contributed by atoms with Crippen molar-refractivity contribution in [1.82, 2.24) is 4.90 Å². The molecule has 0 saturated heterocycles. The first-order valence-electron chi connectivity index (χ1n) is 5.59. The molecule has 88 valence electrons. The normalized spacial score (nSPS) is 17.7. The molecule has 1 atom stereocenters. The van der Waals surface area contributed by atoms with Crippen LogP contribution in [-0.4, -0.2) is 29.1 Å². The number of hydrogen-bond donors (Lipinski definition) is 1. The summed E-state index contributed by atoms with van der Waals surface area (Å²) in [6, 6.07) is 2.00. The predicted molar refractivity (Wildman–Crippen MR) is 59.3 cm³/mol. The van der Waals surface area contributed by atoms with Gasteiger partial charge >= 0.3 is 5.97 Å². The second kappa shape index (κ2) is 4.29. The summed E-state index contributed by atoms with van der Waals surface area (Å²) in [5, 5.41) is 8.95. The van der Waals surface area contributed by atoms with Gasteiger partial charge in [-0.1, -0.05) is 0 Å². The monoisotopic (exact) mass is 223 g/mol. The third-order valence-electron chi connectivity index (χ3n) is 3.37. The molecule has 0 aromatic carbocycles. The fraction of sp³-hybridized carbons (Fsp3) is 0.583. The minimum Gasteiger partial charge on any atom is -0.478 e. The molecule has 0 aliphatic heterocycles. The van der Waals surface area contributed by atoms with Gasteiger partial charge in [-0.3, -0.25) is 4.90 Å². The number of furan rings is 1. The van der Waals surface area contributed by atoms with E-state index in [0.717, 1.165) is 5.92 Å². The van der Waals surface area contributed by atoms with E-state index in [9.17, 15) is 4.79 Å². The molecule has 2 rings (SSSR count). The molecule has 1 aliphatic rings. The SMILES string of the molecule is CC(C1CC1)N(C)Cc1occc1C(=O)O. The third-order valence-corrected chi connectivity index (χ3v) is 3.37. The van der Waals surface area contributed by atoms with Gasteiger partial charge in [0.1, 0.15) is 11.3 Å². The van der Waals surface area contributed by atoms with Gasteiger partial charge in [0.15, 0.2) is 0 Å². The first-order valence-corrected chi connectivity index (χ1v) is 5.59. The van der Waals surface area contributed by atoms with E-state index in [1.807, 2.05) is 7.05 Å². The molecule has 1 aromatic rings. The Bertz CT molecular complexity index is 381. The quantitative estimate of drug-likeness (QED) is 0.831. The number of nitrogens with zero attached hydrogens (tertiary/aromatic N) is 1. The maximum absolute atomic E-state index is 10.9. The summed E-state index contributed by atoms with van der Waals surface area (Å²) in [6.07, 6.45) is 4.01. The fourth-order valence-electron chi connectivity index (χ4n) is 1.96. The van der Waals surface area contributed by atoms with E-state index in [2.05, 4.69) is 11.8 Å². The van der Waals surface area contributed by atoms with Crippen LogP contribution >= 0.6 is 0 Å². The van der Waals surface area contributed by atoms with Gasteiger partial charge in [0.05, 0.1) is 12.8 Å². The summed E-state index contributed by atoms with van der Waals surface area (Å²) in [7, 11) is 2.01. The fourth-order valence-corrected chi connectivity index (χ4v) is 1.96. The van der Waals surface area contributed by atoms with Crippen molar-refractivity contribution < 1.29 is 14.3 Å². The Hall–Kier alpha value is -1.29. The summed E-state index contributed by atoms with van der Waals surface area (Å²) < 4.78 is 5.22. The van der Waals surface area contributed by atoms with Gasteiger partial charge in [0.25, 0.3) is 0 Å². The molecule has 1 N–H and O–H groups in total. The molecule has 1 aliphatic carbocycles. The molecule has 1 unspecified atom stereocenters. The number of carboxylic acid groups (broad SMARTS) is 1. The zero-order valence-electron chi connectivity index (χ0n) is 9.64. The molecule has 0 spiro atoms. The van der Waals surface area contributed by atoms with Crippen LogP contribution in [0.2, 0.25) is 0 Å². The standard InChI is InChI=1S/C12H17NO3/c1-8(9-3-4-9)13(2)7-11-10(12(14)15)5-6-16-11/h5-6,8-9H,3-4,7H2,1-2H3,(H,14,15). The van der Waals surface area contributed by atoms with E-state index >= 15 is 0 Å². The van der Waals surface area contributed by atoms with Crippen LogP contribution in [-0.2, 0) is 6.54 Å². The van der Waals surface area contributed by atoms with Gasteiger partial charge in [-0.15, -0.1) is 0 Å². The highest BCUT2D eigenvalue weighted by Crippen LogP contribution is 2.35.